The topological polar surface area (TPSA) is 21.3 Å². The van der Waals surface area contributed by atoms with Crippen LogP contribution in [0, 0.1) is 11.6 Å². The van der Waals surface area contributed by atoms with Crippen LogP contribution in [0.1, 0.15) is 17.2 Å². The molecule has 5 heteroatoms. The van der Waals surface area contributed by atoms with Gasteiger partial charge in [0.05, 0.1) is 29.4 Å². The first-order valence-corrected chi connectivity index (χ1v) is 7.01. The summed E-state index contributed by atoms with van der Waals surface area (Å²) >= 11 is 3.06. The van der Waals surface area contributed by atoms with Gasteiger partial charge in [-0.3, -0.25) is 0 Å². The third-order valence-corrected chi connectivity index (χ3v) is 3.92. The maximum Gasteiger partial charge on any atom is 0.149 e. The molecule has 104 valence electrons. The Morgan fingerprint density at radius 3 is 2.80 bits per heavy atom. The number of benzene rings is 2. The van der Waals surface area contributed by atoms with E-state index >= 15 is 0 Å². The number of ether oxygens (including phenoxy) is 1. The van der Waals surface area contributed by atoms with E-state index in [4.69, 9.17) is 4.74 Å². The van der Waals surface area contributed by atoms with Gasteiger partial charge in [-0.25, -0.2) is 8.78 Å². The molecule has 2 aromatic rings. The van der Waals surface area contributed by atoms with Crippen LogP contribution < -0.4 is 5.32 Å². The highest BCUT2D eigenvalue weighted by atomic mass is 79.9. The van der Waals surface area contributed by atoms with E-state index in [0.29, 0.717) is 13.2 Å². The molecule has 0 saturated heterocycles. The van der Waals surface area contributed by atoms with Crippen molar-refractivity contribution in [3.63, 3.8) is 0 Å². The molecule has 1 aliphatic heterocycles. The molecule has 0 amide bonds. The Morgan fingerprint density at radius 1 is 1.15 bits per heavy atom. The summed E-state index contributed by atoms with van der Waals surface area (Å²) in [4.78, 5) is 0. The average Bonchev–Trinajstić information content (AvgIpc) is 2.45. The van der Waals surface area contributed by atoms with Crippen LogP contribution in [0.5, 0.6) is 0 Å². The normalized spacial score (nSPS) is 17.6. The summed E-state index contributed by atoms with van der Waals surface area (Å²) in [6.45, 7) is 1.01. The highest BCUT2D eigenvalue weighted by Gasteiger charge is 2.21. The Labute approximate surface area is 123 Å². The quantitative estimate of drug-likeness (QED) is 0.818. The second-order valence-corrected chi connectivity index (χ2v) is 5.51. The van der Waals surface area contributed by atoms with Gasteiger partial charge in [0.15, 0.2) is 0 Å². The first kappa shape index (κ1) is 13.5. The van der Waals surface area contributed by atoms with E-state index in [1.54, 1.807) is 0 Å². The van der Waals surface area contributed by atoms with Gasteiger partial charge in [-0.1, -0.05) is 24.3 Å². The average molecular weight is 340 g/mol. The molecule has 2 nitrogen and oxygen atoms in total. The lowest BCUT2D eigenvalue weighted by atomic mass is 9.99. The fourth-order valence-corrected chi connectivity index (χ4v) is 2.67. The smallest absolute Gasteiger partial charge is 0.149 e. The molecule has 3 rings (SSSR count). The maximum absolute atomic E-state index is 13.8. The molecule has 2 aromatic carbocycles. The third kappa shape index (κ3) is 2.55. The van der Waals surface area contributed by atoms with Crippen molar-refractivity contribution in [1.29, 1.82) is 0 Å². The molecule has 0 aromatic heterocycles. The summed E-state index contributed by atoms with van der Waals surface area (Å²) in [5.41, 5.74) is 2.42. The SMILES string of the molecule is Fc1cc(F)c(NC2COCc3ccccc32)cc1Br. The molecule has 0 bridgehead atoms. The number of anilines is 1. The van der Waals surface area contributed by atoms with E-state index in [9.17, 15) is 8.78 Å². The number of halogens is 3. The lowest BCUT2D eigenvalue weighted by Crippen LogP contribution is -2.23. The van der Waals surface area contributed by atoms with Crippen LogP contribution in [0.2, 0.25) is 0 Å². The van der Waals surface area contributed by atoms with E-state index in [1.807, 2.05) is 24.3 Å². The summed E-state index contributed by atoms with van der Waals surface area (Å²) in [5, 5.41) is 3.08. The zero-order chi connectivity index (χ0) is 14.1. The van der Waals surface area contributed by atoms with Crippen LogP contribution in [-0.4, -0.2) is 6.61 Å². The number of rotatable bonds is 2. The van der Waals surface area contributed by atoms with Crippen LogP contribution in [0.25, 0.3) is 0 Å². The monoisotopic (exact) mass is 339 g/mol. The molecule has 1 N–H and O–H groups in total. The zero-order valence-electron chi connectivity index (χ0n) is 10.5. The van der Waals surface area contributed by atoms with E-state index in [0.717, 1.165) is 17.2 Å². The van der Waals surface area contributed by atoms with Crippen molar-refractivity contribution < 1.29 is 13.5 Å². The molecule has 0 saturated carbocycles. The summed E-state index contributed by atoms with van der Waals surface area (Å²) in [7, 11) is 0. The Bertz CT molecular complexity index is 648. The third-order valence-electron chi connectivity index (χ3n) is 3.31. The first-order chi connectivity index (χ1) is 9.65. The zero-order valence-corrected chi connectivity index (χ0v) is 12.1. The minimum Gasteiger partial charge on any atom is -0.374 e. The number of fused-ring (bicyclic) bond motifs is 1. The van der Waals surface area contributed by atoms with Crippen LogP contribution in [0.3, 0.4) is 0 Å². The molecule has 0 spiro atoms. The van der Waals surface area contributed by atoms with Gasteiger partial charge in [-0.15, -0.1) is 0 Å². The Balaban J connectivity index is 1.91. The number of hydrogen-bond donors (Lipinski definition) is 1. The molecule has 20 heavy (non-hydrogen) atoms. The largest absolute Gasteiger partial charge is 0.374 e. The molecule has 1 aliphatic rings. The van der Waals surface area contributed by atoms with Crippen molar-refractivity contribution in [1.82, 2.24) is 0 Å². The van der Waals surface area contributed by atoms with Crippen LogP contribution in [0.4, 0.5) is 14.5 Å². The standard InChI is InChI=1S/C15H12BrF2NO/c16-11-5-14(13(18)6-12(11)17)19-15-8-20-7-9-3-1-2-4-10(9)15/h1-6,15,19H,7-8H2. The molecule has 0 radical (unpaired) electrons. The lowest BCUT2D eigenvalue weighted by Gasteiger charge is -2.27. The van der Waals surface area contributed by atoms with Crippen molar-refractivity contribution in [2.24, 2.45) is 0 Å². The molecule has 1 heterocycles. The number of hydrogen-bond acceptors (Lipinski definition) is 2. The maximum atomic E-state index is 13.8. The molecule has 0 fully saturated rings. The molecule has 0 aliphatic carbocycles. The van der Waals surface area contributed by atoms with Gasteiger partial charge in [-0.05, 0) is 33.1 Å². The fraction of sp³-hybridized carbons (Fsp3) is 0.200. The first-order valence-electron chi connectivity index (χ1n) is 6.22. The van der Waals surface area contributed by atoms with Gasteiger partial charge in [-0.2, -0.15) is 0 Å². The second-order valence-electron chi connectivity index (χ2n) is 4.66. The van der Waals surface area contributed by atoms with E-state index in [2.05, 4.69) is 21.2 Å². The van der Waals surface area contributed by atoms with Crippen molar-refractivity contribution in [3.05, 3.63) is 63.6 Å². The summed E-state index contributed by atoms with van der Waals surface area (Å²) in [6, 6.07) is 9.98. The Hall–Kier alpha value is -1.46. The van der Waals surface area contributed by atoms with E-state index in [1.165, 1.54) is 6.07 Å². The Kier molecular flexibility index (Phi) is 3.72. The van der Waals surface area contributed by atoms with Crippen LogP contribution in [-0.2, 0) is 11.3 Å². The van der Waals surface area contributed by atoms with Crippen molar-refractivity contribution >= 4 is 21.6 Å². The van der Waals surface area contributed by atoms with Crippen LogP contribution >= 0.6 is 15.9 Å². The van der Waals surface area contributed by atoms with Gasteiger partial charge >= 0.3 is 0 Å². The predicted octanol–water partition coefficient (Wildman–Crippen LogP) is 4.41. The predicted molar refractivity (Wildman–Crippen MR) is 76.5 cm³/mol. The Morgan fingerprint density at radius 2 is 1.95 bits per heavy atom. The summed E-state index contributed by atoms with van der Waals surface area (Å²) in [6.07, 6.45) is 0. The highest BCUT2D eigenvalue weighted by molar-refractivity contribution is 9.10. The van der Waals surface area contributed by atoms with Gasteiger partial charge in [0.25, 0.3) is 0 Å². The lowest BCUT2D eigenvalue weighted by molar-refractivity contribution is 0.0969. The number of nitrogens with one attached hydrogen (secondary N) is 1. The summed E-state index contributed by atoms with van der Waals surface area (Å²) in [5.74, 6) is -1.23. The van der Waals surface area contributed by atoms with Gasteiger partial charge in [0, 0.05) is 6.07 Å². The highest BCUT2D eigenvalue weighted by Crippen LogP contribution is 2.30. The second kappa shape index (κ2) is 5.50. The molecular weight excluding hydrogens is 328 g/mol. The van der Waals surface area contributed by atoms with Crippen molar-refractivity contribution in [2.45, 2.75) is 12.6 Å². The fourth-order valence-electron chi connectivity index (χ4n) is 2.32. The minimum atomic E-state index is -0.617. The van der Waals surface area contributed by atoms with E-state index < -0.39 is 11.6 Å². The van der Waals surface area contributed by atoms with Crippen molar-refractivity contribution in [2.75, 3.05) is 11.9 Å². The van der Waals surface area contributed by atoms with Gasteiger partial charge in [0.2, 0.25) is 0 Å². The van der Waals surface area contributed by atoms with Gasteiger partial charge in [0.1, 0.15) is 11.6 Å². The molecule has 1 atom stereocenters. The minimum absolute atomic E-state index is 0.146. The molecule has 1 unspecified atom stereocenters. The summed E-state index contributed by atoms with van der Waals surface area (Å²) < 4.78 is 32.8. The van der Waals surface area contributed by atoms with Crippen molar-refractivity contribution in [3.8, 4) is 0 Å². The molecular formula is C15H12BrF2NO. The van der Waals surface area contributed by atoms with E-state index in [-0.39, 0.29) is 16.2 Å². The van der Waals surface area contributed by atoms with Crippen LogP contribution in [0.15, 0.2) is 40.9 Å². The van der Waals surface area contributed by atoms with Gasteiger partial charge < -0.3 is 10.1 Å².